The lowest BCUT2D eigenvalue weighted by molar-refractivity contribution is -0.137. The molecular weight excluding hydrogens is 566 g/mol. The van der Waals surface area contributed by atoms with Crippen molar-refractivity contribution in [3.63, 3.8) is 0 Å². The second-order valence-corrected chi connectivity index (χ2v) is 12.6. The number of amides is 2. The molecule has 4 aromatic rings. The molecule has 2 amide bonds. The molecule has 3 aromatic carbocycles. The number of nitrogens with zero attached hydrogens (tertiary/aromatic N) is 4. The van der Waals surface area contributed by atoms with Gasteiger partial charge in [-0.25, -0.2) is 9.78 Å². The number of likely N-dealkylation sites (tertiary alicyclic amines) is 1. The van der Waals surface area contributed by atoms with Gasteiger partial charge >= 0.3 is 6.09 Å². The van der Waals surface area contributed by atoms with Gasteiger partial charge in [-0.15, -0.1) is 0 Å². The van der Waals surface area contributed by atoms with E-state index < -0.39 is 18.1 Å². The number of carbonyl (C=O) groups is 2. The number of hydrogen-bond donors (Lipinski definition) is 2. The molecule has 1 aromatic heterocycles. The molecule has 3 atom stereocenters. The van der Waals surface area contributed by atoms with Crippen LogP contribution in [0.2, 0.25) is 0 Å². The normalized spacial score (nSPS) is 21.2. The maximum absolute atomic E-state index is 14.2. The highest BCUT2D eigenvalue weighted by Gasteiger charge is 2.43. The largest absolute Gasteiger partial charge is 0.465 e. The number of benzene rings is 3. The quantitative estimate of drug-likeness (QED) is 0.255. The standard InChI is InChI=1S/C36H41N5O4/c1-45-19-9-18-40-32-16-7-6-15-31(32)38-34(40)24-10-8-17-39(22-24)35(42)29-20-37-21-33(29)41(36(43)44)23-30-27-13-4-2-11-25(27)26-12-3-5-14-28(26)30/h2-7,11-16,24,29-30,33,37H,8-10,17-23H2,1H3,(H,43,44)/t24-,29-,33-/m1/s1. The predicted octanol–water partition coefficient (Wildman–Crippen LogP) is 5.16. The summed E-state index contributed by atoms with van der Waals surface area (Å²) in [6, 6.07) is 24.3. The Balaban J connectivity index is 1.11. The average Bonchev–Trinajstić information content (AvgIpc) is 3.78. The van der Waals surface area contributed by atoms with Crippen LogP contribution in [0.15, 0.2) is 72.8 Å². The summed E-state index contributed by atoms with van der Waals surface area (Å²) >= 11 is 0. The van der Waals surface area contributed by atoms with Gasteiger partial charge in [-0.1, -0.05) is 60.7 Å². The van der Waals surface area contributed by atoms with E-state index in [4.69, 9.17) is 9.72 Å². The highest BCUT2D eigenvalue weighted by atomic mass is 16.5. The van der Waals surface area contributed by atoms with Crippen LogP contribution in [-0.4, -0.2) is 88.9 Å². The van der Waals surface area contributed by atoms with Crippen LogP contribution in [-0.2, 0) is 16.1 Å². The average molecular weight is 608 g/mol. The van der Waals surface area contributed by atoms with Gasteiger partial charge in [0.1, 0.15) is 5.82 Å². The van der Waals surface area contributed by atoms with Gasteiger partial charge in [-0.05, 0) is 53.6 Å². The Hall–Kier alpha value is -4.21. The predicted molar refractivity (Wildman–Crippen MR) is 173 cm³/mol. The van der Waals surface area contributed by atoms with Crippen molar-refractivity contribution >= 4 is 23.0 Å². The van der Waals surface area contributed by atoms with Gasteiger partial charge in [0.15, 0.2) is 0 Å². The molecule has 234 valence electrons. The van der Waals surface area contributed by atoms with Crippen LogP contribution in [0.3, 0.4) is 0 Å². The van der Waals surface area contributed by atoms with Crippen molar-refractivity contribution in [3.8, 4) is 11.1 Å². The molecule has 0 spiro atoms. The Kier molecular flexibility index (Phi) is 8.29. The Morgan fingerprint density at radius 3 is 2.44 bits per heavy atom. The van der Waals surface area contributed by atoms with Crippen molar-refractivity contribution in [1.82, 2.24) is 24.7 Å². The van der Waals surface area contributed by atoms with Crippen molar-refractivity contribution in [2.45, 2.75) is 43.7 Å². The number of para-hydroxylation sites is 2. The number of methoxy groups -OCH3 is 1. The summed E-state index contributed by atoms with van der Waals surface area (Å²) < 4.78 is 7.63. The van der Waals surface area contributed by atoms with Crippen LogP contribution in [0, 0.1) is 5.92 Å². The molecule has 1 aliphatic carbocycles. The summed E-state index contributed by atoms with van der Waals surface area (Å²) in [6.07, 6.45) is 1.76. The van der Waals surface area contributed by atoms with Gasteiger partial charge in [0.25, 0.3) is 0 Å². The van der Waals surface area contributed by atoms with E-state index in [1.807, 2.05) is 47.4 Å². The van der Waals surface area contributed by atoms with E-state index in [9.17, 15) is 14.7 Å². The van der Waals surface area contributed by atoms with Crippen molar-refractivity contribution in [3.05, 3.63) is 89.7 Å². The highest BCUT2D eigenvalue weighted by Crippen LogP contribution is 2.45. The first-order valence-electron chi connectivity index (χ1n) is 16.2. The van der Waals surface area contributed by atoms with E-state index in [2.05, 4.69) is 40.2 Å². The molecule has 45 heavy (non-hydrogen) atoms. The minimum absolute atomic E-state index is 0.0372. The molecule has 0 saturated carbocycles. The monoisotopic (exact) mass is 607 g/mol. The SMILES string of the molecule is COCCCn1c([C@@H]2CCCN(C(=O)[C@@H]3CNC[C@H]3N(CC3c4ccccc4-c4ccccc43)C(=O)O)C2)nc2ccccc21. The number of piperidine rings is 1. The Morgan fingerprint density at radius 1 is 1.00 bits per heavy atom. The number of aryl methyl sites for hydroxylation is 1. The third-order valence-corrected chi connectivity index (χ3v) is 10.00. The number of imidazole rings is 1. The number of nitrogens with one attached hydrogen (secondary N) is 1. The van der Waals surface area contributed by atoms with E-state index in [-0.39, 0.29) is 17.7 Å². The number of rotatable bonds is 9. The summed E-state index contributed by atoms with van der Waals surface area (Å²) in [6.45, 7) is 4.00. The number of ether oxygens (including phenoxy) is 1. The van der Waals surface area contributed by atoms with Crippen LogP contribution in [0.1, 0.15) is 48.0 Å². The van der Waals surface area contributed by atoms with Crippen LogP contribution >= 0.6 is 0 Å². The number of carbonyl (C=O) groups excluding carboxylic acids is 1. The molecular formula is C36H41N5O4. The summed E-state index contributed by atoms with van der Waals surface area (Å²) in [7, 11) is 1.72. The lowest BCUT2D eigenvalue weighted by atomic mass is 9.92. The molecule has 0 bridgehead atoms. The zero-order valence-electron chi connectivity index (χ0n) is 25.8. The topological polar surface area (TPSA) is 99.9 Å². The second-order valence-electron chi connectivity index (χ2n) is 12.6. The zero-order chi connectivity index (χ0) is 30.9. The first kappa shape index (κ1) is 29.5. The second kappa shape index (κ2) is 12.7. The summed E-state index contributed by atoms with van der Waals surface area (Å²) in [5, 5.41) is 13.9. The van der Waals surface area contributed by atoms with Crippen LogP contribution in [0.4, 0.5) is 4.79 Å². The smallest absolute Gasteiger partial charge is 0.407 e. The van der Waals surface area contributed by atoms with Gasteiger partial charge in [-0.2, -0.15) is 0 Å². The number of aromatic nitrogens is 2. The van der Waals surface area contributed by atoms with E-state index in [0.717, 1.165) is 64.9 Å². The molecule has 2 saturated heterocycles. The van der Waals surface area contributed by atoms with Crippen LogP contribution < -0.4 is 5.32 Å². The lowest BCUT2D eigenvalue weighted by Crippen LogP contribution is -2.52. The Bertz CT molecular complexity index is 1660. The van der Waals surface area contributed by atoms with Gasteiger partial charge in [0, 0.05) is 64.8 Å². The van der Waals surface area contributed by atoms with Crippen molar-refractivity contribution in [2.75, 3.05) is 46.4 Å². The molecule has 3 heterocycles. The molecule has 2 aliphatic heterocycles. The fraction of sp³-hybridized carbons (Fsp3) is 0.417. The summed E-state index contributed by atoms with van der Waals surface area (Å²) in [5.74, 6) is 0.668. The third kappa shape index (κ3) is 5.48. The molecule has 0 unspecified atom stereocenters. The van der Waals surface area contributed by atoms with Crippen LogP contribution in [0.5, 0.6) is 0 Å². The number of fused-ring (bicyclic) bond motifs is 4. The highest BCUT2D eigenvalue weighted by molar-refractivity contribution is 5.82. The molecule has 9 nitrogen and oxygen atoms in total. The first-order valence-corrected chi connectivity index (χ1v) is 16.2. The van der Waals surface area contributed by atoms with Gasteiger partial charge in [0.2, 0.25) is 5.91 Å². The maximum Gasteiger partial charge on any atom is 0.407 e. The molecule has 3 aliphatic rings. The molecule has 2 N–H and O–H groups in total. The van der Waals surface area contributed by atoms with Gasteiger partial charge in [0.05, 0.1) is 23.0 Å². The molecule has 9 heteroatoms. The van der Waals surface area contributed by atoms with E-state index >= 15 is 0 Å². The van der Waals surface area contributed by atoms with Crippen LogP contribution in [0.25, 0.3) is 22.2 Å². The van der Waals surface area contributed by atoms with Crippen molar-refractivity contribution < 1.29 is 19.4 Å². The fourth-order valence-corrected chi connectivity index (χ4v) is 7.88. The minimum atomic E-state index is -0.982. The Morgan fingerprint density at radius 2 is 1.71 bits per heavy atom. The van der Waals surface area contributed by atoms with Crippen molar-refractivity contribution in [1.29, 1.82) is 0 Å². The van der Waals surface area contributed by atoms with E-state index in [1.54, 1.807) is 7.11 Å². The first-order chi connectivity index (χ1) is 22.0. The minimum Gasteiger partial charge on any atom is -0.465 e. The fourth-order valence-electron chi connectivity index (χ4n) is 7.88. The van der Waals surface area contributed by atoms with Gasteiger partial charge < -0.3 is 29.5 Å². The zero-order valence-corrected chi connectivity index (χ0v) is 25.8. The molecule has 7 rings (SSSR count). The summed E-state index contributed by atoms with van der Waals surface area (Å²) in [4.78, 5) is 35.7. The maximum atomic E-state index is 14.2. The number of carboxylic acid groups (broad SMARTS) is 1. The van der Waals surface area contributed by atoms with Gasteiger partial charge in [-0.3, -0.25) is 4.79 Å². The Labute approximate surface area is 263 Å². The molecule has 0 radical (unpaired) electrons. The number of hydrogen-bond acceptors (Lipinski definition) is 5. The van der Waals surface area contributed by atoms with E-state index in [1.165, 1.54) is 4.90 Å². The van der Waals surface area contributed by atoms with E-state index in [0.29, 0.717) is 39.3 Å². The lowest BCUT2D eigenvalue weighted by Gasteiger charge is -2.37. The van der Waals surface area contributed by atoms with Crippen molar-refractivity contribution in [2.24, 2.45) is 5.92 Å². The summed E-state index contributed by atoms with van der Waals surface area (Å²) in [5.41, 5.74) is 6.69. The third-order valence-electron chi connectivity index (χ3n) is 10.00. The molecule has 2 fully saturated rings.